The molecular weight excluding hydrogens is 286 g/mol. The van der Waals surface area contributed by atoms with E-state index in [-0.39, 0.29) is 11.4 Å². The Hall–Kier alpha value is -3.09. The zero-order valence-electron chi connectivity index (χ0n) is 12.1. The summed E-state index contributed by atoms with van der Waals surface area (Å²) in [4.78, 5) is 10.2. The number of phenolic OH excluding ortho intramolecular Hbond substituents is 1. The Balaban J connectivity index is 2.19. The van der Waals surface area contributed by atoms with Gasteiger partial charge in [-0.1, -0.05) is 6.07 Å². The van der Waals surface area contributed by atoms with Crippen LogP contribution in [0.2, 0.25) is 0 Å². The number of ether oxygens (including phenoxy) is 1. The van der Waals surface area contributed by atoms with Crippen LogP contribution in [0.25, 0.3) is 0 Å². The number of benzene rings is 2. The third-order valence-electron chi connectivity index (χ3n) is 3.00. The number of nitro benzene ring substituents is 1. The Morgan fingerprint density at radius 1 is 1.32 bits per heavy atom. The molecule has 114 valence electrons. The molecule has 7 heteroatoms. The van der Waals surface area contributed by atoms with E-state index in [1.807, 2.05) is 0 Å². The smallest absolute Gasteiger partial charge is 0.271 e. The number of phenols is 1. The van der Waals surface area contributed by atoms with E-state index in [1.165, 1.54) is 25.3 Å². The average Bonchev–Trinajstić information content (AvgIpc) is 2.52. The summed E-state index contributed by atoms with van der Waals surface area (Å²) in [5.74, 6) is 0.585. The number of nitrogens with zero attached hydrogens (tertiary/aromatic N) is 2. The fourth-order valence-corrected chi connectivity index (χ4v) is 1.84. The van der Waals surface area contributed by atoms with Crippen LogP contribution >= 0.6 is 0 Å². The predicted octanol–water partition coefficient (Wildman–Crippen LogP) is 3.15. The normalized spacial score (nSPS) is 11.1. The zero-order chi connectivity index (χ0) is 16.1. The Kier molecular flexibility index (Phi) is 4.57. The summed E-state index contributed by atoms with van der Waals surface area (Å²) in [6.45, 7) is 1.71. The number of hydrazone groups is 1. The van der Waals surface area contributed by atoms with Crippen molar-refractivity contribution >= 4 is 17.1 Å². The lowest BCUT2D eigenvalue weighted by molar-refractivity contribution is -0.384. The highest BCUT2D eigenvalue weighted by Gasteiger charge is 2.07. The number of hydrogen-bond donors (Lipinski definition) is 2. The fraction of sp³-hybridized carbons (Fsp3) is 0.133. The quantitative estimate of drug-likeness (QED) is 0.502. The van der Waals surface area contributed by atoms with Gasteiger partial charge in [0.15, 0.2) is 0 Å². The maximum Gasteiger partial charge on any atom is 0.271 e. The lowest BCUT2D eigenvalue weighted by atomic mass is 10.1. The molecule has 0 fully saturated rings. The highest BCUT2D eigenvalue weighted by Crippen LogP contribution is 2.24. The molecule has 2 aromatic carbocycles. The summed E-state index contributed by atoms with van der Waals surface area (Å²) in [5, 5.41) is 24.8. The van der Waals surface area contributed by atoms with Crippen molar-refractivity contribution in [1.29, 1.82) is 0 Å². The lowest BCUT2D eigenvalue weighted by Crippen LogP contribution is -2.01. The first kappa shape index (κ1) is 15.3. The minimum absolute atomic E-state index is 0.0230. The van der Waals surface area contributed by atoms with Crippen molar-refractivity contribution < 1.29 is 14.8 Å². The number of anilines is 1. The predicted molar refractivity (Wildman–Crippen MR) is 83.6 cm³/mol. The maximum absolute atomic E-state index is 10.7. The van der Waals surface area contributed by atoms with Crippen molar-refractivity contribution in [1.82, 2.24) is 0 Å². The monoisotopic (exact) mass is 301 g/mol. The molecule has 0 spiro atoms. The molecule has 7 nitrogen and oxygen atoms in total. The van der Waals surface area contributed by atoms with Crippen molar-refractivity contribution in [3.05, 3.63) is 58.1 Å². The molecule has 0 aromatic heterocycles. The summed E-state index contributed by atoms with van der Waals surface area (Å²) in [7, 11) is 1.51. The molecule has 2 N–H and O–H groups in total. The number of hydrogen-bond acceptors (Lipinski definition) is 6. The minimum atomic E-state index is -0.475. The summed E-state index contributed by atoms with van der Waals surface area (Å²) in [6, 6.07) is 10.9. The molecule has 0 amide bonds. The summed E-state index contributed by atoms with van der Waals surface area (Å²) in [6.07, 6.45) is 0. The SMILES string of the molecule is COc1ccc(/C(C)=N/Nc2cccc([N+](=O)[O-])c2)c(O)c1. The van der Waals surface area contributed by atoms with E-state index in [4.69, 9.17) is 4.74 Å². The molecule has 0 heterocycles. The number of aromatic hydroxyl groups is 1. The Morgan fingerprint density at radius 2 is 2.09 bits per heavy atom. The Bertz CT molecular complexity index is 728. The van der Waals surface area contributed by atoms with Crippen LogP contribution in [0.4, 0.5) is 11.4 Å². The molecule has 0 saturated carbocycles. The number of nitrogens with one attached hydrogen (secondary N) is 1. The van der Waals surface area contributed by atoms with Crippen molar-refractivity contribution in [2.24, 2.45) is 5.10 Å². The van der Waals surface area contributed by atoms with Gasteiger partial charge in [0.1, 0.15) is 11.5 Å². The second-order valence-electron chi connectivity index (χ2n) is 4.50. The fourth-order valence-electron chi connectivity index (χ4n) is 1.84. The van der Waals surface area contributed by atoms with Gasteiger partial charge in [-0.15, -0.1) is 0 Å². The van der Waals surface area contributed by atoms with Crippen LogP contribution in [0.15, 0.2) is 47.6 Å². The molecule has 0 radical (unpaired) electrons. The van der Waals surface area contributed by atoms with Gasteiger partial charge in [-0.25, -0.2) is 0 Å². The first-order valence-corrected chi connectivity index (χ1v) is 6.43. The van der Waals surface area contributed by atoms with Gasteiger partial charge in [-0.3, -0.25) is 15.5 Å². The van der Waals surface area contributed by atoms with Gasteiger partial charge in [0.2, 0.25) is 0 Å². The summed E-state index contributed by atoms with van der Waals surface area (Å²) >= 11 is 0. The van der Waals surface area contributed by atoms with Crippen LogP contribution < -0.4 is 10.2 Å². The van der Waals surface area contributed by atoms with Crippen molar-refractivity contribution in [2.45, 2.75) is 6.92 Å². The topological polar surface area (TPSA) is 97.0 Å². The lowest BCUT2D eigenvalue weighted by Gasteiger charge is -2.07. The molecule has 0 aliphatic carbocycles. The van der Waals surface area contributed by atoms with Crippen LogP contribution in [0, 0.1) is 10.1 Å². The van der Waals surface area contributed by atoms with Crippen molar-refractivity contribution in [2.75, 3.05) is 12.5 Å². The molecular formula is C15H15N3O4. The molecule has 2 rings (SSSR count). The number of methoxy groups -OCH3 is 1. The summed E-state index contributed by atoms with van der Waals surface area (Å²) in [5.41, 5.74) is 4.27. The largest absolute Gasteiger partial charge is 0.507 e. The Morgan fingerprint density at radius 3 is 2.73 bits per heavy atom. The van der Waals surface area contributed by atoms with Crippen LogP contribution in [-0.2, 0) is 0 Å². The molecule has 0 saturated heterocycles. The average molecular weight is 301 g/mol. The van der Waals surface area contributed by atoms with E-state index < -0.39 is 4.92 Å². The highest BCUT2D eigenvalue weighted by molar-refractivity contribution is 6.01. The van der Waals surface area contributed by atoms with Gasteiger partial charge in [-0.05, 0) is 25.1 Å². The van der Waals surface area contributed by atoms with Gasteiger partial charge in [0, 0.05) is 23.8 Å². The third kappa shape index (κ3) is 3.51. The molecule has 0 atom stereocenters. The number of rotatable bonds is 5. The van der Waals surface area contributed by atoms with E-state index >= 15 is 0 Å². The molecule has 22 heavy (non-hydrogen) atoms. The molecule has 0 unspecified atom stereocenters. The van der Waals surface area contributed by atoms with Gasteiger partial charge < -0.3 is 9.84 Å². The van der Waals surface area contributed by atoms with Gasteiger partial charge >= 0.3 is 0 Å². The summed E-state index contributed by atoms with van der Waals surface area (Å²) < 4.78 is 5.02. The second-order valence-corrected chi connectivity index (χ2v) is 4.50. The van der Waals surface area contributed by atoms with Crippen molar-refractivity contribution in [3.63, 3.8) is 0 Å². The third-order valence-corrected chi connectivity index (χ3v) is 3.00. The van der Waals surface area contributed by atoms with Gasteiger partial charge in [-0.2, -0.15) is 5.10 Å². The minimum Gasteiger partial charge on any atom is -0.507 e. The van der Waals surface area contributed by atoms with Gasteiger partial charge in [0.05, 0.1) is 23.4 Å². The molecule has 2 aromatic rings. The maximum atomic E-state index is 10.7. The van der Waals surface area contributed by atoms with Crippen molar-refractivity contribution in [3.8, 4) is 11.5 Å². The first-order chi connectivity index (χ1) is 10.5. The van der Waals surface area contributed by atoms with Gasteiger partial charge in [0.25, 0.3) is 5.69 Å². The highest BCUT2D eigenvalue weighted by atomic mass is 16.6. The standard InChI is InChI=1S/C15H15N3O4/c1-10(14-7-6-13(22-2)9-15(14)19)16-17-11-4-3-5-12(8-11)18(20)21/h3-9,17,19H,1-2H3/b16-10+. The molecule has 0 bridgehead atoms. The van der Waals surface area contributed by atoms with Crippen LogP contribution in [-0.4, -0.2) is 22.9 Å². The first-order valence-electron chi connectivity index (χ1n) is 6.43. The second kappa shape index (κ2) is 6.57. The molecule has 0 aliphatic rings. The van der Waals surface area contributed by atoms with E-state index in [2.05, 4.69) is 10.5 Å². The van der Waals surface area contributed by atoms with Crippen LogP contribution in [0.3, 0.4) is 0 Å². The van der Waals surface area contributed by atoms with Crippen LogP contribution in [0.1, 0.15) is 12.5 Å². The number of non-ortho nitro benzene ring substituents is 1. The van der Waals surface area contributed by atoms with E-state index in [1.54, 1.807) is 31.2 Å². The number of nitro groups is 1. The molecule has 0 aliphatic heterocycles. The van der Waals surface area contributed by atoms with E-state index in [9.17, 15) is 15.2 Å². The Labute approximate surface area is 127 Å². The van der Waals surface area contributed by atoms with E-state index in [0.717, 1.165) is 0 Å². The van der Waals surface area contributed by atoms with E-state index in [0.29, 0.717) is 22.7 Å². The zero-order valence-corrected chi connectivity index (χ0v) is 12.1. The van der Waals surface area contributed by atoms with Crippen LogP contribution in [0.5, 0.6) is 11.5 Å².